The Kier molecular flexibility index (Phi) is 5.92. The first kappa shape index (κ1) is 16.7. The van der Waals surface area contributed by atoms with E-state index in [1.165, 1.54) is 5.56 Å². The van der Waals surface area contributed by atoms with E-state index in [4.69, 9.17) is 11.6 Å². The van der Waals surface area contributed by atoms with Crippen molar-refractivity contribution in [3.8, 4) is 0 Å². The normalized spacial score (nSPS) is 23.1. The molecular weight excluding hydrogens is 310 g/mol. The topological polar surface area (TPSA) is 44.4 Å². The van der Waals surface area contributed by atoms with Gasteiger partial charge in [-0.2, -0.15) is 0 Å². The monoisotopic (exact) mass is 335 g/mol. The van der Waals surface area contributed by atoms with Crippen molar-refractivity contribution in [2.24, 2.45) is 5.92 Å². The number of halogens is 1. The molecule has 5 heteroatoms. The summed E-state index contributed by atoms with van der Waals surface area (Å²) in [7, 11) is 0. The number of likely N-dealkylation sites (tertiary alicyclic amines) is 1. The van der Waals surface area contributed by atoms with Crippen molar-refractivity contribution >= 4 is 17.5 Å². The van der Waals surface area contributed by atoms with Crippen LogP contribution in [0.1, 0.15) is 31.2 Å². The molecule has 1 amide bonds. The Morgan fingerprint density at radius 2 is 1.96 bits per heavy atom. The fraction of sp³-hybridized carbons (Fsp3) is 0.611. The predicted molar refractivity (Wildman–Crippen MR) is 93.5 cm³/mol. The molecule has 4 nitrogen and oxygen atoms in total. The molecule has 2 N–H and O–H groups in total. The molecule has 0 saturated carbocycles. The Balaban J connectivity index is 1.36. The van der Waals surface area contributed by atoms with Crippen molar-refractivity contribution in [3.05, 3.63) is 34.9 Å². The van der Waals surface area contributed by atoms with Crippen LogP contribution < -0.4 is 10.6 Å². The highest BCUT2D eigenvalue weighted by atomic mass is 35.5. The van der Waals surface area contributed by atoms with Crippen molar-refractivity contribution in [3.63, 3.8) is 0 Å². The highest BCUT2D eigenvalue weighted by molar-refractivity contribution is 6.30. The van der Waals surface area contributed by atoms with Gasteiger partial charge in [0.05, 0.1) is 6.04 Å². The summed E-state index contributed by atoms with van der Waals surface area (Å²) in [5, 5.41) is 7.17. The van der Waals surface area contributed by atoms with Crippen molar-refractivity contribution in [1.82, 2.24) is 15.5 Å². The molecule has 2 aliphatic rings. The van der Waals surface area contributed by atoms with Crippen molar-refractivity contribution in [1.29, 1.82) is 0 Å². The molecule has 2 aliphatic heterocycles. The van der Waals surface area contributed by atoms with Gasteiger partial charge >= 0.3 is 0 Å². The Bertz CT molecular complexity index is 506. The van der Waals surface area contributed by atoms with Gasteiger partial charge in [-0.3, -0.25) is 9.69 Å². The minimum absolute atomic E-state index is 0.0417. The summed E-state index contributed by atoms with van der Waals surface area (Å²) in [5.41, 5.74) is 1.31. The van der Waals surface area contributed by atoms with Crippen molar-refractivity contribution in [2.45, 2.75) is 38.3 Å². The largest absolute Gasteiger partial charge is 0.354 e. The first-order chi connectivity index (χ1) is 11.2. The van der Waals surface area contributed by atoms with Crippen LogP contribution in [0.15, 0.2) is 24.3 Å². The lowest BCUT2D eigenvalue weighted by Gasteiger charge is -2.32. The summed E-state index contributed by atoms with van der Waals surface area (Å²) in [6, 6.07) is 8.15. The number of amides is 1. The van der Waals surface area contributed by atoms with E-state index in [9.17, 15) is 4.79 Å². The van der Waals surface area contributed by atoms with Gasteiger partial charge in [0.1, 0.15) is 0 Å². The average Bonchev–Trinajstić information content (AvgIpc) is 3.11. The van der Waals surface area contributed by atoms with Crippen LogP contribution in [0.3, 0.4) is 0 Å². The lowest BCUT2D eigenvalue weighted by Crippen LogP contribution is -2.44. The zero-order valence-corrected chi connectivity index (χ0v) is 14.3. The Hall–Kier alpha value is -1.10. The van der Waals surface area contributed by atoms with E-state index in [0.29, 0.717) is 5.92 Å². The zero-order valence-electron chi connectivity index (χ0n) is 13.6. The second kappa shape index (κ2) is 8.13. The molecule has 2 heterocycles. The fourth-order valence-electron chi connectivity index (χ4n) is 3.47. The van der Waals surface area contributed by atoms with Gasteiger partial charge in [0.25, 0.3) is 0 Å². The van der Waals surface area contributed by atoms with Gasteiger partial charge < -0.3 is 10.6 Å². The maximum Gasteiger partial charge on any atom is 0.237 e. The second-order valence-corrected chi connectivity index (χ2v) is 7.18. The maximum atomic E-state index is 12.0. The average molecular weight is 336 g/mol. The van der Waals surface area contributed by atoms with E-state index in [1.54, 1.807) is 0 Å². The number of piperidine rings is 1. The number of hydrogen-bond donors (Lipinski definition) is 2. The number of rotatable bonds is 5. The number of benzene rings is 1. The molecule has 0 unspecified atom stereocenters. The van der Waals surface area contributed by atoms with Crippen LogP contribution in [0.25, 0.3) is 0 Å². The number of hydrogen-bond acceptors (Lipinski definition) is 3. The molecule has 0 radical (unpaired) electrons. The summed E-state index contributed by atoms with van der Waals surface area (Å²) in [6.45, 7) is 4.99. The molecule has 1 atom stereocenters. The highest BCUT2D eigenvalue weighted by Gasteiger charge is 2.24. The first-order valence-electron chi connectivity index (χ1n) is 8.68. The van der Waals surface area contributed by atoms with Crippen LogP contribution in [0.5, 0.6) is 0 Å². The molecule has 0 aromatic heterocycles. The third-order valence-corrected chi connectivity index (χ3v) is 5.22. The van der Waals surface area contributed by atoms with E-state index in [0.717, 1.165) is 63.4 Å². The summed E-state index contributed by atoms with van der Waals surface area (Å²) < 4.78 is 0. The van der Waals surface area contributed by atoms with Crippen LogP contribution in [-0.2, 0) is 11.3 Å². The quantitative estimate of drug-likeness (QED) is 0.868. The molecule has 1 aromatic carbocycles. The Morgan fingerprint density at radius 1 is 1.22 bits per heavy atom. The van der Waals surface area contributed by atoms with Crippen LogP contribution >= 0.6 is 11.6 Å². The lowest BCUT2D eigenvalue weighted by atomic mass is 9.96. The van der Waals surface area contributed by atoms with Crippen LogP contribution in [0, 0.1) is 5.92 Å². The van der Waals surface area contributed by atoms with Crippen molar-refractivity contribution in [2.75, 3.05) is 26.2 Å². The standard InChI is InChI=1S/C18H26ClN3O/c19-16-5-3-15(4-6-16)13-22-10-7-14(8-11-22)12-21-18(23)17-2-1-9-20-17/h3-6,14,17,20H,1-2,7-13H2,(H,21,23)/t17-/m0/s1. The molecule has 0 aliphatic carbocycles. The van der Waals surface area contributed by atoms with Gasteiger partial charge in [0, 0.05) is 18.1 Å². The van der Waals surface area contributed by atoms with E-state index in [2.05, 4.69) is 27.7 Å². The van der Waals surface area contributed by atoms with E-state index in [1.807, 2.05) is 12.1 Å². The molecule has 2 saturated heterocycles. The number of carbonyl (C=O) groups is 1. The van der Waals surface area contributed by atoms with Crippen LogP contribution in [0.4, 0.5) is 0 Å². The predicted octanol–water partition coefficient (Wildman–Crippen LogP) is 2.42. The molecule has 126 valence electrons. The van der Waals surface area contributed by atoms with Gasteiger partial charge in [-0.1, -0.05) is 23.7 Å². The van der Waals surface area contributed by atoms with Gasteiger partial charge in [-0.05, 0) is 68.9 Å². The molecular formula is C18H26ClN3O. The highest BCUT2D eigenvalue weighted by Crippen LogP contribution is 2.19. The van der Waals surface area contributed by atoms with Gasteiger partial charge in [0.2, 0.25) is 5.91 Å². The Labute approximate surface area is 143 Å². The summed E-state index contributed by atoms with van der Waals surface area (Å²) in [6.07, 6.45) is 4.41. The number of carbonyl (C=O) groups excluding carboxylic acids is 1. The van der Waals surface area contributed by atoms with E-state index in [-0.39, 0.29) is 11.9 Å². The zero-order chi connectivity index (χ0) is 16.1. The number of nitrogens with zero attached hydrogens (tertiary/aromatic N) is 1. The third-order valence-electron chi connectivity index (χ3n) is 4.97. The number of nitrogens with one attached hydrogen (secondary N) is 2. The minimum Gasteiger partial charge on any atom is -0.354 e. The molecule has 3 rings (SSSR count). The Morgan fingerprint density at radius 3 is 2.61 bits per heavy atom. The van der Waals surface area contributed by atoms with E-state index >= 15 is 0 Å². The summed E-state index contributed by atoms with van der Waals surface area (Å²) in [5.74, 6) is 0.799. The maximum absolute atomic E-state index is 12.0. The fourth-order valence-corrected chi connectivity index (χ4v) is 3.60. The van der Waals surface area contributed by atoms with Gasteiger partial charge in [0.15, 0.2) is 0 Å². The van der Waals surface area contributed by atoms with Gasteiger partial charge in [-0.15, -0.1) is 0 Å². The molecule has 0 spiro atoms. The SMILES string of the molecule is O=C(NCC1CCN(Cc2ccc(Cl)cc2)CC1)[C@@H]1CCCN1. The molecule has 2 fully saturated rings. The van der Waals surface area contributed by atoms with Crippen LogP contribution in [-0.4, -0.2) is 43.0 Å². The van der Waals surface area contributed by atoms with Crippen LogP contribution in [0.2, 0.25) is 5.02 Å². The lowest BCUT2D eigenvalue weighted by molar-refractivity contribution is -0.123. The van der Waals surface area contributed by atoms with E-state index < -0.39 is 0 Å². The summed E-state index contributed by atoms with van der Waals surface area (Å²) >= 11 is 5.93. The molecule has 1 aromatic rings. The minimum atomic E-state index is 0.0417. The van der Waals surface area contributed by atoms with Crippen molar-refractivity contribution < 1.29 is 4.79 Å². The smallest absolute Gasteiger partial charge is 0.237 e. The third kappa shape index (κ3) is 4.93. The first-order valence-corrected chi connectivity index (χ1v) is 9.06. The summed E-state index contributed by atoms with van der Waals surface area (Å²) in [4.78, 5) is 14.5. The molecule has 23 heavy (non-hydrogen) atoms. The van der Waals surface area contributed by atoms with Gasteiger partial charge in [-0.25, -0.2) is 0 Å². The second-order valence-electron chi connectivity index (χ2n) is 6.74. The molecule has 0 bridgehead atoms.